The van der Waals surface area contributed by atoms with Gasteiger partial charge in [-0.3, -0.25) is 4.98 Å². The summed E-state index contributed by atoms with van der Waals surface area (Å²) in [5, 5.41) is 12.3. The van der Waals surface area contributed by atoms with Crippen molar-refractivity contribution in [3.05, 3.63) is 30.1 Å². The number of hydrogen-bond donors (Lipinski definition) is 2. The minimum Gasteiger partial charge on any atom is -0.396 e. The van der Waals surface area contributed by atoms with E-state index in [0.717, 1.165) is 31.4 Å². The van der Waals surface area contributed by atoms with Gasteiger partial charge < -0.3 is 15.3 Å². The average Bonchev–Trinajstić information content (AvgIpc) is 2.53. The first kappa shape index (κ1) is 14.8. The number of pyridine rings is 1. The van der Waals surface area contributed by atoms with Crippen molar-refractivity contribution in [3.63, 3.8) is 0 Å². The van der Waals surface area contributed by atoms with Gasteiger partial charge in [-0.1, -0.05) is 6.92 Å². The van der Waals surface area contributed by atoms with Gasteiger partial charge in [0.25, 0.3) is 0 Å². The Balaban J connectivity index is 1.95. The van der Waals surface area contributed by atoms with Crippen molar-refractivity contribution < 1.29 is 9.90 Å². The zero-order valence-electron chi connectivity index (χ0n) is 12.0. The summed E-state index contributed by atoms with van der Waals surface area (Å²) in [5.41, 5.74) is 1.08. The van der Waals surface area contributed by atoms with Crippen molar-refractivity contribution in [1.29, 1.82) is 0 Å². The smallest absolute Gasteiger partial charge is 0.317 e. The topological polar surface area (TPSA) is 65.5 Å². The summed E-state index contributed by atoms with van der Waals surface area (Å²) >= 11 is 0. The predicted molar refractivity (Wildman–Crippen MR) is 77.2 cm³/mol. The molecule has 2 N–H and O–H groups in total. The van der Waals surface area contributed by atoms with Crippen molar-refractivity contribution in [3.8, 4) is 0 Å². The molecule has 110 valence electrons. The molecule has 20 heavy (non-hydrogen) atoms. The Morgan fingerprint density at radius 2 is 2.30 bits per heavy atom. The van der Waals surface area contributed by atoms with Crippen molar-refractivity contribution in [2.75, 3.05) is 19.7 Å². The van der Waals surface area contributed by atoms with Crippen LogP contribution in [0.5, 0.6) is 0 Å². The standard InChI is InChI=1S/C15H23N3O2/c1-2-14(13-5-7-16-8-6-13)17-15(20)18-9-3-4-12(10-18)11-19/h5-8,12,14,19H,2-4,9-11H2,1H3,(H,17,20)/t12-,14-/m1/s1. The van der Waals surface area contributed by atoms with E-state index in [1.807, 2.05) is 17.0 Å². The summed E-state index contributed by atoms with van der Waals surface area (Å²) in [4.78, 5) is 18.1. The lowest BCUT2D eigenvalue weighted by Crippen LogP contribution is -2.47. The van der Waals surface area contributed by atoms with Crippen LogP contribution in [-0.2, 0) is 0 Å². The lowest BCUT2D eigenvalue weighted by molar-refractivity contribution is 0.127. The van der Waals surface area contributed by atoms with Crippen LogP contribution in [0.15, 0.2) is 24.5 Å². The second kappa shape index (κ2) is 7.24. The van der Waals surface area contributed by atoms with E-state index < -0.39 is 0 Å². The first-order chi connectivity index (χ1) is 9.74. The fourth-order valence-electron chi connectivity index (χ4n) is 2.66. The summed E-state index contributed by atoms with van der Waals surface area (Å²) in [5.74, 6) is 0.218. The van der Waals surface area contributed by atoms with Gasteiger partial charge >= 0.3 is 6.03 Å². The number of amides is 2. The Kier molecular flexibility index (Phi) is 5.35. The number of hydrogen-bond acceptors (Lipinski definition) is 3. The lowest BCUT2D eigenvalue weighted by Gasteiger charge is -2.33. The minimum atomic E-state index is -0.0354. The molecule has 2 atom stereocenters. The molecule has 0 aromatic carbocycles. The molecule has 0 saturated carbocycles. The van der Waals surface area contributed by atoms with E-state index >= 15 is 0 Å². The first-order valence-corrected chi connectivity index (χ1v) is 7.30. The van der Waals surface area contributed by atoms with Crippen molar-refractivity contribution in [2.24, 2.45) is 5.92 Å². The molecule has 5 nitrogen and oxygen atoms in total. The summed E-state index contributed by atoms with van der Waals surface area (Å²) in [6.07, 6.45) is 6.29. The van der Waals surface area contributed by atoms with E-state index in [1.54, 1.807) is 12.4 Å². The van der Waals surface area contributed by atoms with E-state index in [-0.39, 0.29) is 24.6 Å². The molecule has 0 bridgehead atoms. The highest BCUT2D eigenvalue weighted by Crippen LogP contribution is 2.19. The first-order valence-electron chi connectivity index (χ1n) is 7.30. The molecule has 1 aromatic heterocycles. The molecule has 1 saturated heterocycles. The summed E-state index contributed by atoms with van der Waals surface area (Å²) in [6.45, 7) is 3.63. The van der Waals surface area contributed by atoms with E-state index in [2.05, 4.69) is 17.2 Å². The molecular formula is C15H23N3O2. The molecule has 0 spiro atoms. The zero-order valence-corrected chi connectivity index (χ0v) is 12.0. The van der Waals surface area contributed by atoms with Crippen LogP contribution in [-0.4, -0.2) is 40.7 Å². The molecule has 1 aliphatic heterocycles. The van der Waals surface area contributed by atoms with Crippen LogP contribution in [0.2, 0.25) is 0 Å². The maximum absolute atomic E-state index is 12.3. The number of aliphatic hydroxyl groups is 1. The van der Waals surface area contributed by atoms with Gasteiger partial charge in [0, 0.05) is 32.1 Å². The number of nitrogens with zero attached hydrogens (tertiary/aromatic N) is 2. The van der Waals surface area contributed by atoms with Crippen LogP contribution < -0.4 is 5.32 Å². The lowest BCUT2D eigenvalue weighted by atomic mass is 9.99. The van der Waals surface area contributed by atoms with Crippen molar-refractivity contribution in [1.82, 2.24) is 15.2 Å². The minimum absolute atomic E-state index is 0.0139. The monoisotopic (exact) mass is 277 g/mol. The average molecular weight is 277 g/mol. The fourth-order valence-corrected chi connectivity index (χ4v) is 2.66. The quantitative estimate of drug-likeness (QED) is 0.884. The van der Waals surface area contributed by atoms with Crippen LogP contribution in [0, 0.1) is 5.92 Å². The largest absolute Gasteiger partial charge is 0.396 e. The normalized spacial score (nSPS) is 20.5. The van der Waals surface area contributed by atoms with E-state index in [0.29, 0.717) is 6.54 Å². The number of carbonyl (C=O) groups is 1. The second-order valence-corrected chi connectivity index (χ2v) is 5.33. The molecule has 0 aliphatic carbocycles. The van der Waals surface area contributed by atoms with Crippen LogP contribution in [0.3, 0.4) is 0 Å². The highest BCUT2D eigenvalue weighted by molar-refractivity contribution is 5.74. The Labute approximate surface area is 120 Å². The van der Waals surface area contributed by atoms with Gasteiger partial charge in [0.05, 0.1) is 6.04 Å². The third-order valence-electron chi connectivity index (χ3n) is 3.88. The van der Waals surface area contributed by atoms with E-state index in [1.165, 1.54) is 0 Å². The van der Waals surface area contributed by atoms with E-state index in [9.17, 15) is 9.90 Å². The molecule has 1 aromatic rings. The molecule has 5 heteroatoms. The molecule has 2 amide bonds. The molecule has 1 fully saturated rings. The van der Waals surface area contributed by atoms with Crippen LogP contribution >= 0.6 is 0 Å². The summed E-state index contributed by atoms with van der Waals surface area (Å²) < 4.78 is 0. The molecule has 2 heterocycles. The molecule has 1 aliphatic rings. The molecule has 2 rings (SSSR count). The van der Waals surface area contributed by atoms with Gasteiger partial charge in [-0.25, -0.2) is 4.79 Å². The van der Waals surface area contributed by atoms with Gasteiger partial charge in [-0.15, -0.1) is 0 Å². The Hall–Kier alpha value is -1.62. The maximum atomic E-state index is 12.3. The predicted octanol–water partition coefficient (Wildman–Crippen LogP) is 1.95. The van der Waals surface area contributed by atoms with Gasteiger partial charge in [0.15, 0.2) is 0 Å². The maximum Gasteiger partial charge on any atom is 0.317 e. The number of aromatic nitrogens is 1. The highest BCUT2D eigenvalue weighted by atomic mass is 16.3. The van der Waals surface area contributed by atoms with Gasteiger partial charge in [0.2, 0.25) is 0 Å². The number of rotatable bonds is 4. The van der Waals surface area contributed by atoms with Crippen LogP contribution in [0.4, 0.5) is 4.79 Å². The number of nitrogens with one attached hydrogen (secondary N) is 1. The van der Waals surface area contributed by atoms with Gasteiger partial charge in [-0.2, -0.15) is 0 Å². The third kappa shape index (κ3) is 3.70. The summed E-state index contributed by atoms with van der Waals surface area (Å²) in [7, 11) is 0. The van der Waals surface area contributed by atoms with Crippen molar-refractivity contribution >= 4 is 6.03 Å². The number of carbonyl (C=O) groups excluding carboxylic acids is 1. The molecule has 0 radical (unpaired) electrons. The Morgan fingerprint density at radius 3 is 2.95 bits per heavy atom. The zero-order chi connectivity index (χ0) is 14.4. The van der Waals surface area contributed by atoms with Crippen molar-refractivity contribution in [2.45, 2.75) is 32.2 Å². The number of aliphatic hydroxyl groups excluding tert-OH is 1. The van der Waals surface area contributed by atoms with Crippen LogP contribution in [0.25, 0.3) is 0 Å². The SMILES string of the molecule is CC[C@@H](NC(=O)N1CCC[C@@H](CO)C1)c1ccncc1. The van der Waals surface area contributed by atoms with E-state index in [4.69, 9.17) is 0 Å². The fraction of sp³-hybridized carbons (Fsp3) is 0.600. The highest BCUT2D eigenvalue weighted by Gasteiger charge is 2.24. The van der Waals surface area contributed by atoms with Crippen LogP contribution in [0.1, 0.15) is 37.8 Å². The number of likely N-dealkylation sites (tertiary alicyclic amines) is 1. The molecular weight excluding hydrogens is 254 g/mol. The Bertz CT molecular complexity index is 424. The second-order valence-electron chi connectivity index (χ2n) is 5.33. The molecule has 0 unspecified atom stereocenters. The number of piperidine rings is 1. The van der Waals surface area contributed by atoms with Gasteiger partial charge in [-0.05, 0) is 42.9 Å². The Morgan fingerprint density at radius 1 is 1.55 bits per heavy atom. The van der Waals surface area contributed by atoms with Gasteiger partial charge in [0.1, 0.15) is 0 Å². The summed E-state index contributed by atoms with van der Waals surface area (Å²) in [6, 6.07) is 3.84. The number of urea groups is 1. The third-order valence-corrected chi connectivity index (χ3v) is 3.88.